The smallest absolute Gasteiger partial charge is 0.329 e. The van der Waals surface area contributed by atoms with Crippen LogP contribution in [0.5, 0.6) is 0 Å². The molecule has 2 N–H and O–H groups in total. The van der Waals surface area contributed by atoms with Gasteiger partial charge in [-0.3, -0.25) is 4.79 Å². The molecule has 5 nitrogen and oxygen atoms in total. The highest BCUT2D eigenvalue weighted by atomic mass is 16.4. The van der Waals surface area contributed by atoms with E-state index in [-0.39, 0.29) is 5.91 Å². The van der Waals surface area contributed by atoms with Gasteiger partial charge < -0.3 is 15.3 Å². The molecule has 84 valence electrons. The number of nitrogens with one attached hydrogen (secondary N) is 1. The van der Waals surface area contributed by atoms with Gasteiger partial charge in [-0.1, -0.05) is 0 Å². The van der Waals surface area contributed by atoms with Crippen molar-refractivity contribution in [1.82, 2.24) is 10.2 Å². The Hall–Kier alpha value is -1.52. The van der Waals surface area contributed by atoms with Crippen LogP contribution in [0.2, 0.25) is 0 Å². The van der Waals surface area contributed by atoms with E-state index in [0.29, 0.717) is 13.1 Å². The van der Waals surface area contributed by atoms with Gasteiger partial charge in [0.05, 0.1) is 5.41 Å². The van der Waals surface area contributed by atoms with E-state index in [1.807, 2.05) is 11.8 Å². The number of aliphatic carboxylic acids is 1. The third kappa shape index (κ3) is 2.71. The molecule has 1 aliphatic rings. The van der Waals surface area contributed by atoms with Crippen LogP contribution in [0, 0.1) is 5.41 Å². The molecule has 15 heavy (non-hydrogen) atoms. The van der Waals surface area contributed by atoms with Gasteiger partial charge in [0.25, 0.3) is 0 Å². The van der Waals surface area contributed by atoms with E-state index in [9.17, 15) is 9.59 Å². The second-order valence-electron chi connectivity index (χ2n) is 4.01. The lowest BCUT2D eigenvalue weighted by Crippen LogP contribution is -2.38. The maximum Gasteiger partial charge on any atom is 0.329 e. The molecule has 0 aromatic carbocycles. The Morgan fingerprint density at radius 1 is 1.53 bits per heavy atom. The third-order valence-corrected chi connectivity index (χ3v) is 2.71. The van der Waals surface area contributed by atoms with E-state index in [0.717, 1.165) is 12.5 Å². The van der Waals surface area contributed by atoms with Crippen LogP contribution in [-0.4, -0.2) is 42.0 Å². The van der Waals surface area contributed by atoms with Gasteiger partial charge in [0.15, 0.2) is 0 Å². The molecule has 1 fully saturated rings. The van der Waals surface area contributed by atoms with Crippen LogP contribution in [0.3, 0.4) is 0 Å². The average molecular weight is 212 g/mol. The normalized spacial score (nSPS) is 25.9. The van der Waals surface area contributed by atoms with Crippen LogP contribution >= 0.6 is 0 Å². The maximum atomic E-state index is 11.5. The number of carbonyl (C=O) groups is 2. The molecule has 0 aromatic rings. The van der Waals surface area contributed by atoms with Crippen molar-refractivity contribution in [3.8, 4) is 0 Å². The van der Waals surface area contributed by atoms with Gasteiger partial charge in [-0.2, -0.15) is 0 Å². The van der Waals surface area contributed by atoms with E-state index < -0.39 is 11.4 Å². The molecular weight excluding hydrogens is 196 g/mol. The number of carbonyl (C=O) groups excluding carboxylic acids is 1. The molecule has 1 atom stereocenters. The molecule has 1 unspecified atom stereocenters. The fourth-order valence-electron chi connectivity index (χ4n) is 1.78. The highest BCUT2D eigenvalue weighted by molar-refractivity contribution is 5.82. The quantitative estimate of drug-likeness (QED) is 0.648. The fourth-order valence-corrected chi connectivity index (χ4v) is 1.78. The largest absolute Gasteiger partial charge is 0.478 e. The molecule has 1 heterocycles. The second kappa shape index (κ2) is 4.33. The van der Waals surface area contributed by atoms with Gasteiger partial charge in [-0.05, 0) is 13.3 Å². The molecule has 1 amide bonds. The first kappa shape index (κ1) is 11.6. The van der Waals surface area contributed by atoms with Gasteiger partial charge in [0, 0.05) is 32.4 Å². The minimum atomic E-state index is -0.969. The van der Waals surface area contributed by atoms with Crippen molar-refractivity contribution in [3.63, 3.8) is 0 Å². The van der Waals surface area contributed by atoms with E-state index in [4.69, 9.17) is 5.11 Å². The maximum absolute atomic E-state index is 11.5. The standard InChI is InChI=1S/C10H16N2O3/c1-10(9(15)11-2)4-6-12(7-10)5-3-8(13)14/h3,5H,4,6-7H2,1-2H3,(H,11,15)(H,13,14)/b5-3+. The summed E-state index contributed by atoms with van der Waals surface area (Å²) in [7, 11) is 1.61. The van der Waals surface area contributed by atoms with Crippen molar-refractivity contribution < 1.29 is 14.7 Å². The summed E-state index contributed by atoms with van der Waals surface area (Å²) in [4.78, 5) is 23.7. The van der Waals surface area contributed by atoms with Gasteiger partial charge in [-0.15, -0.1) is 0 Å². The lowest BCUT2D eigenvalue weighted by molar-refractivity contribution is -0.131. The molecule has 5 heteroatoms. The number of carboxylic acid groups (broad SMARTS) is 1. The summed E-state index contributed by atoms with van der Waals surface area (Å²) in [6, 6.07) is 0. The summed E-state index contributed by atoms with van der Waals surface area (Å²) in [5, 5.41) is 11.1. The highest BCUT2D eigenvalue weighted by Crippen LogP contribution is 2.29. The Bertz CT molecular complexity index is 301. The molecular formula is C10H16N2O3. The Morgan fingerprint density at radius 2 is 2.20 bits per heavy atom. The number of amides is 1. The fraction of sp³-hybridized carbons (Fsp3) is 0.600. The van der Waals surface area contributed by atoms with Crippen LogP contribution in [0.15, 0.2) is 12.3 Å². The number of hydrogen-bond acceptors (Lipinski definition) is 3. The number of nitrogens with zero attached hydrogens (tertiary/aromatic N) is 1. The summed E-state index contributed by atoms with van der Waals surface area (Å²) in [5.41, 5.74) is -0.405. The molecule has 0 saturated carbocycles. The van der Waals surface area contributed by atoms with E-state index in [2.05, 4.69) is 5.32 Å². The van der Waals surface area contributed by atoms with Crippen molar-refractivity contribution in [3.05, 3.63) is 12.3 Å². The first-order valence-electron chi connectivity index (χ1n) is 4.85. The van der Waals surface area contributed by atoms with Crippen molar-refractivity contribution in [2.75, 3.05) is 20.1 Å². The number of likely N-dealkylation sites (tertiary alicyclic amines) is 1. The van der Waals surface area contributed by atoms with Crippen molar-refractivity contribution in [1.29, 1.82) is 0 Å². The van der Waals surface area contributed by atoms with Gasteiger partial charge >= 0.3 is 5.97 Å². The number of carboxylic acids is 1. The zero-order valence-electron chi connectivity index (χ0n) is 8.99. The number of hydrogen-bond donors (Lipinski definition) is 2. The minimum absolute atomic E-state index is 0.00808. The predicted molar refractivity (Wildman–Crippen MR) is 55.1 cm³/mol. The third-order valence-electron chi connectivity index (χ3n) is 2.71. The summed E-state index contributed by atoms with van der Waals surface area (Å²) < 4.78 is 0. The van der Waals surface area contributed by atoms with Crippen LogP contribution in [0.4, 0.5) is 0 Å². The molecule has 0 spiro atoms. The lowest BCUT2D eigenvalue weighted by atomic mass is 9.89. The molecule has 0 radical (unpaired) electrons. The van der Waals surface area contributed by atoms with Crippen LogP contribution in [0.25, 0.3) is 0 Å². The summed E-state index contributed by atoms with van der Waals surface area (Å²) in [6.45, 7) is 3.17. The van der Waals surface area contributed by atoms with Gasteiger partial charge in [0.2, 0.25) is 5.91 Å². The highest BCUT2D eigenvalue weighted by Gasteiger charge is 2.38. The zero-order valence-corrected chi connectivity index (χ0v) is 8.99. The molecule has 1 aliphatic heterocycles. The Morgan fingerprint density at radius 3 is 2.73 bits per heavy atom. The zero-order chi connectivity index (χ0) is 11.5. The summed E-state index contributed by atoms with van der Waals surface area (Å²) >= 11 is 0. The van der Waals surface area contributed by atoms with Crippen molar-refractivity contribution >= 4 is 11.9 Å². The predicted octanol–water partition coefficient (Wildman–Crippen LogP) is 0.0427. The number of rotatable bonds is 3. The first-order valence-corrected chi connectivity index (χ1v) is 4.85. The molecule has 0 aliphatic carbocycles. The molecule has 0 aromatic heterocycles. The van der Waals surface area contributed by atoms with Gasteiger partial charge in [-0.25, -0.2) is 4.79 Å². The van der Waals surface area contributed by atoms with Crippen LogP contribution < -0.4 is 5.32 Å². The van der Waals surface area contributed by atoms with Crippen LogP contribution in [-0.2, 0) is 9.59 Å². The van der Waals surface area contributed by atoms with Crippen LogP contribution in [0.1, 0.15) is 13.3 Å². The van der Waals surface area contributed by atoms with E-state index >= 15 is 0 Å². The molecule has 1 saturated heterocycles. The average Bonchev–Trinajstić information content (AvgIpc) is 2.57. The Kier molecular flexibility index (Phi) is 3.34. The monoisotopic (exact) mass is 212 g/mol. The SMILES string of the molecule is CNC(=O)C1(C)CCN(/C=C/C(=O)O)C1. The second-order valence-corrected chi connectivity index (χ2v) is 4.01. The lowest BCUT2D eigenvalue weighted by Gasteiger charge is -2.21. The Labute approximate surface area is 88.8 Å². The van der Waals surface area contributed by atoms with Crippen molar-refractivity contribution in [2.24, 2.45) is 5.41 Å². The summed E-state index contributed by atoms with van der Waals surface area (Å²) in [5.74, 6) is -0.961. The van der Waals surface area contributed by atoms with Gasteiger partial charge in [0.1, 0.15) is 0 Å². The first-order chi connectivity index (χ1) is 6.98. The summed E-state index contributed by atoms with van der Waals surface area (Å²) in [6.07, 6.45) is 3.36. The van der Waals surface area contributed by atoms with E-state index in [1.54, 1.807) is 7.05 Å². The molecule has 0 bridgehead atoms. The Balaban J connectivity index is 2.58. The molecule has 1 rings (SSSR count). The topological polar surface area (TPSA) is 69.6 Å². The van der Waals surface area contributed by atoms with E-state index in [1.165, 1.54) is 6.20 Å². The minimum Gasteiger partial charge on any atom is -0.478 e. The van der Waals surface area contributed by atoms with Crippen molar-refractivity contribution in [2.45, 2.75) is 13.3 Å².